The summed E-state index contributed by atoms with van der Waals surface area (Å²) in [6.45, 7) is 8.68. The van der Waals surface area contributed by atoms with E-state index in [-0.39, 0.29) is 11.9 Å². The van der Waals surface area contributed by atoms with Crippen molar-refractivity contribution in [3.8, 4) is 0 Å². The molecule has 0 radical (unpaired) electrons. The van der Waals surface area contributed by atoms with Crippen molar-refractivity contribution in [3.63, 3.8) is 0 Å². The largest absolute Gasteiger partial charge is 0.480 e. The molecular weight excluding hydrogens is 232 g/mol. The lowest BCUT2D eigenvalue weighted by atomic mass is 10.0. The molecule has 0 aromatic heterocycles. The first-order valence-corrected chi connectivity index (χ1v) is 6.48. The smallest absolute Gasteiger partial charge is 0.326 e. The average Bonchev–Trinajstić information content (AvgIpc) is 2.23. The first-order chi connectivity index (χ1) is 8.23. The molecule has 0 fully saturated rings. The standard InChI is InChI=1S/C13H26N2O3/c1-9(2)6-7-15(5)13(18)14-11(12(16)17)8-10(3)4/h9-11H,6-8H2,1-5H3,(H,14,18)(H,16,17)/t11-/m1/s1. The van der Waals surface area contributed by atoms with Gasteiger partial charge in [-0.3, -0.25) is 0 Å². The molecule has 2 N–H and O–H groups in total. The Bertz CT molecular complexity index is 277. The Balaban J connectivity index is 4.27. The van der Waals surface area contributed by atoms with Crippen molar-refractivity contribution in [2.75, 3.05) is 13.6 Å². The number of amides is 2. The maximum atomic E-state index is 11.8. The van der Waals surface area contributed by atoms with E-state index in [0.717, 1.165) is 6.42 Å². The van der Waals surface area contributed by atoms with Gasteiger partial charge in [0.2, 0.25) is 0 Å². The van der Waals surface area contributed by atoms with Crippen LogP contribution in [0.2, 0.25) is 0 Å². The zero-order valence-electron chi connectivity index (χ0n) is 12.1. The third-order valence-corrected chi connectivity index (χ3v) is 2.69. The van der Waals surface area contributed by atoms with Gasteiger partial charge in [0, 0.05) is 13.6 Å². The predicted molar refractivity (Wildman–Crippen MR) is 71.5 cm³/mol. The maximum Gasteiger partial charge on any atom is 0.326 e. The number of nitrogens with one attached hydrogen (secondary N) is 1. The van der Waals surface area contributed by atoms with Crippen molar-refractivity contribution in [1.82, 2.24) is 10.2 Å². The van der Waals surface area contributed by atoms with Crippen molar-refractivity contribution >= 4 is 12.0 Å². The molecule has 0 saturated carbocycles. The molecule has 5 heteroatoms. The van der Waals surface area contributed by atoms with Crippen LogP contribution in [0, 0.1) is 11.8 Å². The number of carbonyl (C=O) groups excluding carboxylic acids is 1. The second-order valence-electron chi connectivity index (χ2n) is 5.57. The fraction of sp³-hybridized carbons (Fsp3) is 0.846. The maximum absolute atomic E-state index is 11.8. The summed E-state index contributed by atoms with van der Waals surface area (Å²) in [5.41, 5.74) is 0. The van der Waals surface area contributed by atoms with E-state index in [1.807, 2.05) is 13.8 Å². The highest BCUT2D eigenvalue weighted by Gasteiger charge is 2.22. The number of aliphatic carboxylic acids is 1. The Morgan fingerprint density at radius 2 is 1.72 bits per heavy atom. The van der Waals surface area contributed by atoms with Gasteiger partial charge in [-0.05, 0) is 24.7 Å². The lowest BCUT2D eigenvalue weighted by Gasteiger charge is -2.22. The number of urea groups is 1. The van der Waals surface area contributed by atoms with Gasteiger partial charge in [-0.25, -0.2) is 9.59 Å². The van der Waals surface area contributed by atoms with Crippen molar-refractivity contribution in [2.45, 2.75) is 46.6 Å². The number of carboxylic acid groups (broad SMARTS) is 1. The van der Waals surface area contributed by atoms with E-state index in [1.54, 1.807) is 7.05 Å². The topological polar surface area (TPSA) is 69.6 Å². The molecule has 106 valence electrons. The summed E-state index contributed by atoms with van der Waals surface area (Å²) in [6, 6.07) is -1.12. The fourth-order valence-electron chi connectivity index (χ4n) is 1.51. The van der Waals surface area contributed by atoms with Gasteiger partial charge in [0.05, 0.1) is 0 Å². The van der Waals surface area contributed by atoms with Crippen LogP contribution in [0.3, 0.4) is 0 Å². The number of nitrogens with zero attached hydrogens (tertiary/aromatic N) is 1. The predicted octanol–water partition coefficient (Wildman–Crippen LogP) is 2.17. The summed E-state index contributed by atoms with van der Waals surface area (Å²) in [7, 11) is 1.69. The molecule has 0 aromatic rings. The highest BCUT2D eigenvalue weighted by Crippen LogP contribution is 2.06. The van der Waals surface area contributed by atoms with Crippen LogP contribution in [0.15, 0.2) is 0 Å². The summed E-state index contributed by atoms with van der Waals surface area (Å²) in [5, 5.41) is 11.6. The number of carbonyl (C=O) groups is 2. The summed E-state index contributed by atoms with van der Waals surface area (Å²) in [4.78, 5) is 24.4. The summed E-state index contributed by atoms with van der Waals surface area (Å²) < 4.78 is 0. The third kappa shape index (κ3) is 7.14. The van der Waals surface area contributed by atoms with Crippen molar-refractivity contribution in [3.05, 3.63) is 0 Å². The molecule has 5 nitrogen and oxygen atoms in total. The lowest BCUT2D eigenvalue weighted by Crippen LogP contribution is -2.47. The van der Waals surface area contributed by atoms with Gasteiger partial charge in [0.15, 0.2) is 0 Å². The van der Waals surface area contributed by atoms with Gasteiger partial charge < -0.3 is 15.3 Å². The Hall–Kier alpha value is -1.26. The quantitative estimate of drug-likeness (QED) is 0.735. The highest BCUT2D eigenvalue weighted by atomic mass is 16.4. The molecule has 0 spiro atoms. The second kappa shape index (κ2) is 7.95. The highest BCUT2D eigenvalue weighted by molar-refractivity contribution is 5.82. The van der Waals surface area contributed by atoms with Gasteiger partial charge in [0.1, 0.15) is 6.04 Å². The first kappa shape index (κ1) is 16.7. The number of hydrogen-bond donors (Lipinski definition) is 2. The third-order valence-electron chi connectivity index (χ3n) is 2.69. The van der Waals surface area contributed by atoms with Crippen molar-refractivity contribution in [1.29, 1.82) is 0 Å². The Morgan fingerprint density at radius 1 is 1.17 bits per heavy atom. The van der Waals surface area contributed by atoms with Crippen molar-refractivity contribution in [2.24, 2.45) is 11.8 Å². The van der Waals surface area contributed by atoms with Crippen LogP contribution in [0.4, 0.5) is 4.79 Å². The minimum Gasteiger partial charge on any atom is -0.480 e. The van der Waals surface area contributed by atoms with Gasteiger partial charge in [-0.15, -0.1) is 0 Å². The number of rotatable bonds is 7. The monoisotopic (exact) mass is 258 g/mol. The minimum absolute atomic E-state index is 0.229. The zero-order valence-corrected chi connectivity index (χ0v) is 12.1. The van der Waals surface area contributed by atoms with Crippen LogP contribution in [0.5, 0.6) is 0 Å². The minimum atomic E-state index is -0.977. The Kier molecular flexibility index (Phi) is 7.39. The lowest BCUT2D eigenvalue weighted by molar-refractivity contribution is -0.139. The first-order valence-electron chi connectivity index (χ1n) is 6.48. The average molecular weight is 258 g/mol. The Labute approximate surface area is 110 Å². The van der Waals surface area contributed by atoms with Crippen LogP contribution in [0.1, 0.15) is 40.5 Å². The van der Waals surface area contributed by atoms with Crippen LogP contribution in [-0.4, -0.2) is 41.6 Å². The van der Waals surface area contributed by atoms with Gasteiger partial charge in [-0.1, -0.05) is 27.7 Å². The molecule has 0 rings (SSSR count). The van der Waals surface area contributed by atoms with Crippen LogP contribution in [-0.2, 0) is 4.79 Å². The Morgan fingerprint density at radius 3 is 2.11 bits per heavy atom. The van der Waals surface area contributed by atoms with Gasteiger partial charge in [-0.2, -0.15) is 0 Å². The van der Waals surface area contributed by atoms with E-state index in [1.165, 1.54) is 4.90 Å². The van der Waals surface area contributed by atoms with Gasteiger partial charge in [0.25, 0.3) is 0 Å². The summed E-state index contributed by atoms with van der Waals surface area (Å²) >= 11 is 0. The second-order valence-corrected chi connectivity index (χ2v) is 5.57. The molecule has 0 bridgehead atoms. The van der Waals surface area contributed by atoms with E-state index < -0.39 is 12.0 Å². The molecule has 0 aromatic carbocycles. The van der Waals surface area contributed by atoms with E-state index in [2.05, 4.69) is 19.2 Å². The van der Waals surface area contributed by atoms with Crippen molar-refractivity contribution < 1.29 is 14.7 Å². The molecule has 0 aliphatic heterocycles. The van der Waals surface area contributed by atoms with Crippen LogP contribution in [0.25, 0.3) is 0 Å². The molecule has 1 atom stereocenters. The molecule has 0 heterocycles. The molecule has 0 saturated heterocycles. The fourth-order valence-corrected chi connectivity index (χ4v) is 1.51. The normalized spacial score (nSPS) is 12.6. The number of hydrogen-bond acceptors (Lipinski definition) is 2. The van der Waals surface area contributed by atoms with E-state index in [4.69, 9.17) is 5.11 Å². The zero-order chi connectivity index (χ0) is 14.3. The van der Waals surface area contributed by atoms with E-state index in [9.17, 15) is 9.59 Å². The molecule has 0 aliphatic carbocycles. The molecule has 2 amide bonds. The summed E-state index contributed by atoms with van der Waals surface area (Å²) in [5.74, 6) is -0.229. The van der Waals surface area contributed by atoms with Crippen LogP contribution >= 0.6 is 0 Å². The summed E-state index contributed by atoms with van der Waals surface area (Å²) in [6.07, 6.45) is 1.35. The van der Waals surface area contributed by atoms with Crippen LogP contribution < -0.4 is 5.32 Å². The molecule has 0 unspecified atom stereocenters. The number of carboxylic acids is 1. The van der Waals surface area contributed by atoms with Gasteiger partial charge >= 0.3 is 12.0 Å². The molecular formula is C13H26N2O3. The van der Waals surface area contributed by atoms with E-state index in [0.29, 0.717) is 18.9 Å². The van der Waals surface area contributed by atoms with E-state index >= 15 is 0 Å². The molecule has 0 aliphatic rings. The SMILES string of the molecule is CC(C)CCN(C)C(=O)N[C@H](CC(C)C)C(=O)O. The molecule has 18 heavy (non-hydrogen) atoms.